The highest BCUT2D eigenvalue weighted by atomic mass is 19.4. The molecule has 0 aliphatic carbocycles. The number of aromatic nitrogens is 1. The molecule has 0 aliphatic rings. The summed E-state index contributed by atoms with van der Waals surface area (Å²) in [7, 11) is 0. The van der Waals surface area contributed by atoms with Crippen LogP contribution in [0.15, 0.2) is 42.6 Å². The number of halogens is 3. The number of nitrogens with two attached hydrogens (primary N) is 1. The smallest absolute Gasteiger partial charge is 0.398 e. The van der Waals surface area contributed by atoms with Gasteiger partial charge in [-0.05, 0) is 24.3 Å². The molecule has 4 nitrogen and oxygen atoms in total. The van der Waals surface area contributed by atoms with Gasteiger partial charge in [0, 0.05) is 6.20 Å². The van der Waals surface area contributed by atoms with Gasteiger partial charge in [-0.2, -0.15) is 13.2 Å². The quantitative estimate of drug-likeness (QED) is 0.832. The lowest BCUT2D eigenvalue weighted by Crippen LogP contribution is -2.18. The maximum absolute atomic E-state index is 12.7. The molecule has 2 aromatic rings. The van der Waals surface area contributed by atoms with E-state index in [-0.39, 0.29) is 11.4 Å². The third-order valence-electron chi connectivity index (χ3n) is 2.56. The number of carbonyl (C=O) groups excluding carboxylic acids is 1. The van der Waals surface area contributed by atoms with Crippen LogP contribution >= 0.6 is 0 Å². The summed E-state index contributed by atoms with van der Waals surface area (Å²) in [4.78, 5) is 15.8. The summed E-state index contributed by atoms with van der Waals surface area (Å²) in [6.45, 7) is 0. The number of rotatable bonds is 2. The van der Waals surface area contributed by atoms with Gasteiger partial charge in [-0.25, -0.2) is 4.98 Å². The molecule has 1 heterocycles. The zero-order valence-electron chi connectivity index (χ0n) is 10.1. The lowest BCUT2D eigenvalue weighted by Gasteiger charge is -2.13. The van der Waals surface area contributed by atoms with Gasteiger partial charge in [0.05, 0.1) is 16.8 Å². The maximum atomic E-state index is 12.7. The first-order valence-corrected chi connectivity index (χ1v) is 5.57. The van der Waals surface area contributed by atoms with Crippen molar-refractivity contribution in [3.05, 3.63) is 53.7 Å². The predicted molar refractivity (Wildman–Crippen MR) is 68.0 cm³/mol. The average molecular weight is 281 g/mol. The predicted octanol–water partition coefficient (Wildman–Crippen LogP) is 2.93. The van der Waals surface area contributed by atoms with Crippen LogP contribution in [0.1, 0.15) is 15.9 Å². The van der Waals surface area contributed by atoms with Crippen LogP contribution in [0.3, 0.4) is 0 Å². The molecule has 0 radical (unpaired) electrons. The summed E-state index contributed by atoms with van der Waals surface area (Å²) in [6, 6.07) is 7.98. The lowest BCUT2D eigenvalue weighted by molar-refractivity contribution is -0.136. The van der Waals surface area contributed by atoms with E-state index < -0.39 is 23.3 Å². The first kappa shape index (κ1) is 13.9. The summed E-state index contributed by atoms with van der Waals surface area (Å²) in [5, 5.41) is 2.38. The van der Waals surface area contributed by atoms with E-state index in [9.17, 15) is 18.0 Å². The van der Waals surface area contributed by atoms with E-state index in [1.165, 1.54) is 18.3 Å². The third kappa shape index (κ3) is 2.87. The molecule has 0 atom stereocenters. The molecule has 104 valence electrons. The number of hydrogen-bond donors (Lipinski definition) is 2. The van der Waals surface area contributed by atoms with Gasteiger partial charge in [-0.1, -0.05) is 12.1 Å². The van der Waals surface area contributed by atoms with Crippen molar-refractivity contribution in [2.24, 2.45) is 0 Å². The number of hydrogen-bond acceptors (Lipinski definition) is 3. The highest BCUT2D eigenvalue weighted by Gasteiger charge is 2.34. The average Bonchev–Trinajstić information content (AvgIpc) is 2.38. The molecule has 0 bridgehead atoms. The number of nitrogens with zero attached hydrogens (tertiary/aromatic N) is 1. The summed E-state index contributed by atoms with van der Waals surface area (Å²) in [5.74, 6) is -0.512. The first-order chi connectivity index (χ1) is 9.39. The van der Waals surface area contributed by atoms with Crippen molar-refractivity contribution < 1.29 is 18.0 Å². The molecule has 0 aliphatic heterocycles. The molecule has 2 rings (SSSR count). The number of benzene rings is 1. The van der Waals surface area contributed by atoms with Crippen molar-refractivity contribution in [1.29, 1.82) is 0 Å². The van der Waals surface area contributed by atoms with Gasteiger partial charge >= 0.3 is 6.18 Å². The number of nitrogen functional groups attached to an aromatic ring is 1. The van der Waals surface area contributed by atoms with Crippen LogP contribution < -0.4 is 11.1 Å². The second-order valence-electron chi connectivity index (χ2n) is 3.93. The van der Waals surface area contributed by atoms with Crippen molar-refractivity contribution in [1.82, 2.24) is 4.98 Å². The van der Waals surface area contributed by atoms with Crippen LogP contribution in [0, 0.1) is 0 Å². The summed E-state index contributed by atoms with van der Waals surface area (Å²) in [6.07, 6.45) is -3.16. The zero-order chi connectivity index (χ0) is 14.8. The van der Waals surface area contributed by atoms with Crippen LogP contribution in [0.5, 0.6) is 0 Å². The van der Waals surface area contributed by atoms with E-state index in [1.54, 1.807) is 12.1 Å². The molecule has 1 amide bonds. The highest BCUT2D eigenvalue weighted by Crippen LogP contribution is 2.35. The molecule has 3 N–H and O–H groups in total. The van der Waals surface area contributed by atoms with Crippen molar-refractivity contribution in [3.8, 4) is 0 Å². The van der Waals surface area contributed by atoms with E-state index in [0.29, 0.717) is 0 Å². The lowest BCUT2D eigenvalue weighted by atomic mass is 10.1. The molecule has 0 spiro atoms. The van der Waals surface area contributed by atoms with E-state index in [1.807, 2.05) is 0 Å². The number of pyridine rings is 1. The van der Waals surface area contributed by atoms with Crippen LogP contribution in [-0.2, 0) is 6.18 Å². The normalized spacial score (nSPS) is 11.2. The van der Waals surface area contributed by atoms with Crippen LogP contribution in [0.4, 0.5) is 24.7 Å². The van der Waals surface area contributed by atoms with Gasteiger partial charge in [-0.15, -0.1) is 0 Å². The van der Waals surface area contributed by atoms with Gasteiger partial charge in [0.15, 0.2) is 0 Å². The number of carbonyl (C=O) groups is 1. The minimum Gasteiger partial charge on any atom is -0.398 e. The topological polar surface area (TPSA) is 68.0 Å². The molecule has 0 unspecified atom stereocenters. The van der Waals surface area contributed by atoms with Gasteiger partial charge < -0.3 is 11.1 Å². The van der Waals surface area contributed by atoms with E-state index in [4.69, 9.17) is 5.73 Å². The Balaban J connectivity index is 2.32. The minimum absolute atomic E-state index is 0.231. The summed E-state index contributed by atoms with van der Waals surface area (Å²) < 4.78 is 38.1. The van der Waals surface area contributed by atoms with Gasteiger partial charge in [0.25, 0.3) is 5.91 Å². The number of para-hydroxylation sites is 1. The second kappa shape index (κ2) is 5.20. The molecule has 0 saturated heterocycles. The number of anilines is 2. The Morgan fingerprint density at radius 3 is 2.50 bits per heavy atom. The molecular weight excluding hydrogens is 271 g/mol. The van der Waals surface area contributed by atoms with E-state index in [2.05, 4.69) is 10.3 Å². The Hall–Kier alpha value is -2.57. The Labute approximate surface area is 112 Å². The van der Waals surface area contributed by atoms with Crippen molar-refractivity contribution in [2.75, 3.05) is 11.1 Å². The van der Waals surface area contributed by atoms with E-state index >= 15 is 0 Å². The Kier molecular flexibility index (Phi) is 3.60. The molecule has 0 saturated carbocycles. The van der Waals surface area contributed by atoms with Gasteiger partial charge in [-0.3, -0.25) is 4.79 Å². The minimum atomic E-state index is -4.61. The highest BCUT2D eigenvalue weighted by molar-refractivity contribution is 6.07. The summed E-state index contributed by atoms with van der Waals surface area (Å²) >= 11 is 0. The molecule has 7 heteroatoms. The van der Waals surface area contributed by atoms with Gasteiger partial charge in [0.2, 0.25) is 0 Å². The van der Waals surface area contributed by atoms with Gasteiger partial charge in [0.1, 0.15) is 5.82 Å². The third-order valence-corrected chi connectivity index (χ3v) is 2.56. The van der Waals surface area contributed by atoms with Crippen LogP contribution in [-0.4, -0.2) is 10.9 Å². The number of alkyl halides is 3. The fourth-order valence-electron chi connectivity index (χ4n) is 1.63. The van der Waals surface area contributed by atoms with Crippen LogP contribution in [0.2, 0.25) is 0 Å². The monoisotopic (exact) mass is 281 g/mol. The molecule has 20 heavy (non-hydrogen) atoms. The largest absolute Gasteiger partial charge is 0.418 e. The first-order valence-electron chi connectivity index (χ1n) is 5.57. The van der Waals surface area contributed by atoms with Crippen molar-refractivity contribution >= 4 is 17.4 Å². The molecular formula is C13H10F3N3O. The summed E-state index contributed by atoms with van der Waals surface area (Å²) in [5.41, 5.74) is 3.54. The molecule has 1 aromatic carbocycles. The zero-order valence-corrected chi connectivity index (χ0v) is 10.1. The Morgan fingerprint density at radius 1 is 1.15 bits per heavy atom. The van der Waals surface area contributed by atoms with Crippen molar-refractivity contribution in [3.63, 3.8) is 0 Å². The van der Waals surface area contributed by atoms with E-state index in [0.717, 1.165) is 12.1 Å². The molecule has 1 aromatic heterocycles. The Morgan fingerprint density at radius 2 is 1.90 bits per heavy atom. The second-order valence-corrected chi connectivity index (χ2v) is 3.93. The number of amides is 1. The fraction of sp³-hybridized carbons (Fsp3) is 0.0769. The number of nitrogens with one attached hydrogen (secondary N) is 1. The SMILES string of the molecule is Nc1c(C(=O)Nc2ccccn2)cccc1C(F)(F)F. The maximum Gasteiger partial charge on any atom is 0.418 e. The fourth-order valence-corrected chi connectivity index (χ4v) is 1.63. The van der Waals surface area contributed by atoms with Crippen molar-refractivity contribution in [2.45, 2.75) is 6.18 Å². The standard InChI is InChI=1S/C13H10F3N3O/c14-13(15,16)9-5-3-4-8(11(9)17)12(20)19-10-6-1-2-7-18-10/h1-7H,17H2,(H,18,19,20). The Bertz CT molecular complexity index is 627. The van der Waals surface area contributed by atoms with Crippen LogP contribution in [0.25, 0.3) is 0 Å². The molecule has 0 fully saturated rings.